The zero-order chi connectivity index (χ0) is 16.5. The molecule has 0 saturated heterocycles. The van der Waals surface area contributed by atoms with E-state index in [9.17, 15) is 4.79 Å². The van der Waals surface area contributed by atoms with Crippen LogP contribution in [0.3, 0.4) is 0 Å². The Bertz CT molecular complexity index is 607. The van der Waals surface area contributed by atoms with Gasteiger partial charge in [-0.05, 0) is 25.5 Å². The number of rotatable bonds is 9. The third-order valence-corrected chi connectivity index (χ3v) is 4.93. The van der Waals surface area contributed by atoms with Crippen LogP contribution in [0.15, 0.2) is 34.7 Å². The van der Waals surface area contributed by atoms with E-state index >= 15 is 0 Å². The predicted molar refractivity (Wildman–Crippen MR) is 94.5 cm³/mol. The maximum atomic E-state index is 12.0. The van der Waals surface area contributed by atoms with Crippen LogP contribution in [0, 0.1) is 0 Å². The fourth-order valence-corrected chi connectivity index (χ4v) is 3.67. The molecule has 2 N–H and O–H groups in total. The zero-order valence-corrected chi connectivity index (χ0v) is 14.7. The number of hydrogen-bond acceptors (Lipinski definition) is 7. The van der Waals surface area contributed by atoms with Crippen LogP contribution in [0.4, 0.5) is 10.8 Å². The smallest absolute Gasteiger partial charge is 0.233 e. The highest BCUT2D eigenvalue weighted by atomic mass is 32.2. The van der Waals surface area contributed by atoms with Crippen LogP contribution in [-0.2, 0) is 9.53 Å². The summed E-state index contributed by atoms with van der Waals surface area (Å²) in [6.45, 7) is 3.13. The molecule has 1 amide bonds. The van der Waals surface area contributed by atoms with E-state index in [1.165, 1.54) is 23.1 Å². The molecule has 2 rings (SSSR count). The summed E-state index contributed by atoms with van der Waals surface area (Å²) in [6.07, 6.45) is 0.809. The van der Waals surface area contributed by atoms with E-state index in [2.05, 4.69) is 20.8 Å². The Morgan fingerprint density at radius 1 is 1.35 bits per heavy atom. The second-order valence-corrected chi connectivity index (χ2v) is 7.33. The van der Waals surface area contributed by atoms with Crippen molar-refractivity contribution in [2.24, 2.45) is 0 Å². The van der Waals surface area contributed by atoms with Crippen LogP contribution in [0.2, 0.25) is 0 Å². The number of nitrogens with zero attached hydrogens (tertiary/aromatic N) is 2. The molecule has 0 aliphatic carbocycles. The quantitative estimate of drug-likeness (QED) is 0.534. The maximum Gasteiger partial charge on any atom is 0.233 e. The third-order valence-electron chi connectivity index (χ3n) is 2.90. The SMILES string of the molecule is COCCCNC(=O)C(C)Sc1nnc(Nc2ccccc2)s1. The lowest BCUT2D eigenvalue weighted by Gasteiger charge is -2.09. The molecule has 2 aromatic rings. The Kier molecular flexibility index (Phi) is 7.31. The first-order valence-electron chi connectivity index (χ1n) is 7.28. The molecule has 1 aromatic carbocycles. The fraction of sp³-hybridized carbons (Fsp3) is 0.400. The van der Waals surface area contributed by atoms with Gasteiger partial charge in [0.2, 0.25) is 11.0 Å². The van der Waals surface area contributed by atoms with E-state index in [1.807, 2.05) is 37.3 Å². The fourth-order valence-electron chi connectivity index (χ4n) is 1.73. The summed E-state index contributed by atoms with van der Waals surface area (Å²) in [4.78, 5) is 12.0. The van der Waals surface area contributed by atoms with Crippen molar-refractivity contribution in [3.63, 3.8) is 0 Å². The van der Waals surface area contributed by atoms with E-state index in [0.29, 0.717) is 18.3 Å². The number of carbonyl (C=O) groups excluding carboxylic acids is 1. The zero-order valence-electron chi connectivity index (χ0n) is 13.1. The van der Waals surface area contributed by atoms with Gasteiger partial charge in [0.15, 0.2) is 4.34 Å². The first kappa shape index (κ1) is 17.7. The predicted octanol–water partition coefficient (Wildman–Crippen LogP) is 2.92. The van der Waals surface area contributed by atoms with Gasteiger partial charge in [-0.1, -0.05) is 41.3 Å². The normalized spacial score (nSPS) is 11.9. The van der Waals surface area contributed by atoms with Crippen molar-refractivity contribution in [3.8, 4) is 0 Å². The highest BCUT2D eigenvalue weighted by Gasteiger charge is 2.16. The molecular formula is C15H20N4O2S2. The third kappa shape index (κ3) is 6.17. The van der Waals surface area contributed by atoms with Gasteiger partial charge >= 0.3 is 0 Å². The number of para-hydroxylation sites is 1. The lowest BCUT2D eigenvalue weighted by atomic mass is 10.3. The van der Waals surface area contributed by atoms with Crippen LogP contribution >= 0.6 is 23.1 Å². The second kappa shape index (κ2) is 9.49. The van der Waals surface area contributed by atoms with Gasteiger partial charge in [-0.2, -0.15) is 0 Å². The van der Waals surface area contributed by atoms with Crippen molar-refractivity contribution in [1.82, 2.24) is 15.5 Å². The van der Waals surface area contributed by atoms with Crippen LogP contribution < -0.4 is 10.6 Å². The number of hydrogen-bond donors (Lipinski definition) is 2. The summed E-state index contributed by atoms with van der Waals surface area (Å²) in [7, 11) is 1.65. The van der Waals surface area contributed by atoms with Crippen molar-refractivity contribution in [2.45, 2.75) is 22.9 Å². The molecule has 0 saturated carbocycles. The van der Waals surface area contributed by atoms with Crippen LogP contribution in [0.25, 0.3) is 0 Å². The maximum absolute atomic E-state index is 12.0. The van der Waals surface area contributed by atoms with Gasteiger partial charge in [-0.15, -0.1) is 10.2 Å². The summed E-state index contributed by atoms with van der Waals surface area (Å²) in [5.41, 5.74) is 0.962. The lowest BCUT2D eigenvalue weighted by Crippen LogP contribution is -2.32. The summed E-state index contributed by atoms with van der Waals surface area (Å²) in [5, 5.41) is 14.8. The van der Waals surface area contributed by atoms with Gasteiger partial charge in [0, 0.05) is 25.9 Å². The lowest BCUT2D eigenvalue weighted by molar-refractivity contribution is -0.120. The largest absolute Gasteiger partial charge is 0.385 e. The average molecular weight is 352 g/mol. The first-order valence-corrected chi connectivity index (χ1v) is 8.97. The summed E-state index contributed by atoms with van der Waals surface area (Å²) in [5.74, 6) is -0.00104. The van der Waals surface area contributed by atoms with Gasteiger partial charge in [0.25, 0.3) is 0 Å². The number of amides is 1. The molecule has 6 nitrogen and oxygen atoms in total. The van der Waals surface area contributed by atoms with Gasteiger partial charge in [0.05, 0.1) is 5.25 Å². The Morgan fingerprint density at radius 2 is 2.13 bits per heavy atom. The van der Waals surface area contributed by atoms with E-state index in [4.69, 9.17) is 4.74 Å². The van der Waals surface area contributed by atoms with Crippen molar-refractivity contribution >= 4 is 39.8 Å². The van der Waals surface area contributed by atoms with Crippen LogP contribution in [0.5, 0.6) is 0 Å². The number of methoxy groups -OCH3 is 1. The van der Waals surface area contributed by atoms with Crippen molar-refractivity contribution in [3.05, 3.63) is 30.3 Å². The molecule has 1 atom stereocenters. The Morgan fingerprint density at radius 3 is 2.87 bits per heavy atom. The van der Waals surface area contributed by atoms with Gasteiger partial charge in [-0.25, -0.2) is 0 Å². The van der Waals surface area contributed by atoms with Gasteiger partial charge < -0.3 is 15.4 Å². The van der Waals surface area contributed by atoms with E-state index in [1.54, 1.807) is 7.11 Å². The number of ether oxygens (including phenoxy) is 1. The molecule has 0 aliphatic heterocycles. The Labute approximate surface area is 144 Å². The minimum absolute atomic E-state index is 0.00104. The minimum atomic E-state index is -0.213. The van der Waals surface area contributed by atoms with Gasteiger partial charge in [0.1, 0.15) is 0 Å². The number of nitrogens with one attached hydrogen (secondary N) is 2. The Balaban J connectivity index is 1.80. The molecule has 0 bridgehead atoms. The standard InChI is InChI=1S/C15H20N4O2S2/c1-11(13(20)16-9-6-10-21-2)22-15-19-18-14(23-15)17-12-7-4-3-5-8-12/h3-5,7-8,11H,6,9-10H2,1-2H3,(H,16,20)(H,17,18). The second-order valence-electron chi connectivity index (χ2n) is 4.76. The van der Waals surface area contributed by atoms with Crippen molar-refractivity contribution < 1.29 is 9.53 Å². The minimum Gasteiger partial charge on any atom is -0.385 e. The molecule has 0 fully saturated rings. The topological polar surface area (TPSA) is 76.1 Å². The number of carbonyl (C=O) groups is 1. The monoisotopic (exact) mass is 352 g/mol. The number of benzene rings is 1. The highest BCUT2D eigenvalue weighted by molar-refractivity contribution is 8.02. The molecule has 1 unspecified atom stereocenters. The number of aromatic nitrogens is 2. The molecule has 23 heavy (non-hydrogen) atoms. The molecule has 1 heterocycles. The number of anilines is 2. The summed E-state index contributed by atoms with van der Waals surface area (Å²) in [6, 6.07) is 9.79. The van der Waals surface area contributed by atoms with E-state index < -0.39 is 0 Å². The molecule has 124 valence electrons. The molecular weight excluding hydrogens is 332 g/mol. The average Bonchev–Trinajstić information content (AvgIpc) is 2.99. The molecule has 0 radical (unpaired) electrons. The Hall–Kier alpha value is -1.64. The van der Waals surface area contributed by atoms with Gasteiger partial charge in [-0.3, -0.25) is 4.79 Å². The van der Waals surface area contributed by atoms with E-state index in [-0.39, 0.29) is 11.2 Å². The molecule has 1 aromatic heterocycles. The molecule has 0 aliphatic rings. The molecule has 8 heteroatoms. The first-order chi connectivity index (χ1) is 11.2. The van der Waals surface area contributed by atoms with Crippen LogP contribution in [-0.4, -0.2) is 41.6 Å². The summed E-state index contributed by atoms with van der Waals surface area (Å²) >= 11 is 2.84. The number of thioether (sulfide) groups is 1. The van der Waals surface area contributed by atoms with Crippen molar-refractivity contribution in [2.75, 3.05) is 25.6 Å². The van der Waals surface area contributed by atoms with E-state index in [0.717, 1.165) is 16.4 Å². The molecule has 0 spiro atoms. The summed E-state index contributed by atoms with van der Waals surface area (Å²) < 4.78 is 5.72. The van der Waals surface area contributed by atoms with Crippen LogP contribution in [0.1, 0.15) is 13.3 Å². The highest BCUT2D eigenvalue weighted by Crippen LogP contribution is 2.30. The van der Waals surface area contributed by atoms with Crippen molar-refractivity contribution in [1.29, 1.82) is 0 Å².